The van der Waals surface area contributed by atoms with Gasteiger partial charge in [-0.25, -0.2) is 0 Å². The molecule has 1 aliphatic heterocycles. The number of benzene rings is 1. The molecule has 0 saturated carbocycles. The van der Waals surface area contributed by atoms with Gasteiger partial charge in [-0.15, -0.1) is 0 Å². The van der Waals surface area contributed by atoms with Crippen LogP contribution >= 0.6 is 0 Å². The van der Waals surface area contributed by atoms with E-state index in [-0.39, 0.29) is 37.7 Å². The minimum atomic E-state index is -1.37. The van der Waals surface area contributed by atoms with Crippen LogP contribution in [-0.2, 0) is 16.0 Å². The van der Waals surface area contributed by atoms with Crippen LogP contribution in [0.3, 0.4) is 0 Å². The van der Waals surface area contributed by atoms with Crippen LogP contribution in [0, 0.1) is 0 Å². The minimum Gasteiger partial charge on any atom is -0.395 e. The Balaban J connectivity index is 2.13. The zero-order valence-electron chi connectivity index (χ0n) is 13.3. The number of aryl methyl sites for hydroxylation is 1. The topological polar surface area (TPSA) is 98.7 Å². The fourth-order valence-corrected chi connectivity index (χ4v) is 2.93. The largest absolute Gasteiger partial charge is 0.395 e. The van der Waals surface area contributed by atoms with Crippen molar-refractivity contribution in [2.24, 2.45) is 0 Å². The molecule has 0 radical (unpaired) electrons. The molecule has 1 aromatic carbocycles. The molecule has 6 heteroatoms. The highest BCUT2D eigenvalue weighted by molar-refractivity contribution is 5.94. The summed E-state index contributed by atoms with van der Waals surface area (Å²) < 4.78 is 0. The van der Waals surface area contributed by atoms with E-state index in [2.05, 4.69) is 10.6 Å². The van der Waals surface area contributed by atoms with E-state index in [0.717, 1.165) is 5.56 Å². The Kier molecular flexibility index (Phi) is 5.87. The average molecular weight is 320 g/mol. The zero-order valence-corrected chi connectivity index (χ0v) is 13.3. The number of aliphatic hydroxyl groups is 2. The predicted octanol–water partition coefficient (Wildman–Crippen LogP) is -0.222. The summed E-state index contributed by atoms with van der Waals surface area (Å²) in [5, 5.41) is 25.4. The summed E-state index contributed by atoms with van der Waals surface area (Å²) in [5.41, 5.74) is -0.341. The Hall–Kier alpha value is -1.76. The van der Waals surface area contributed by atoms with Crippen molar-refractivity contribution in [3.8, 4) is 0 Å². The van der Waals surface area contributed by atoms with Gasteiger partial charge in [-0.05, 0) is 12.0 Å². The molecule has 4 N–H and O–H groups in total. The zero-order chi connectivity index (χ0) is 16.9. The number of aliphatic hydroxyl groups excluding tert-OH is 2. The van der Waals surface area contributed by atoms with Crippen LogP contribution in [0.25, 0.3) is 0 Å². The van der Waals surface area contributed by atoms with Gasteiger partial charge in [0.1, 0.15) is 11.6 Å². The van der Waals surface area contributed by atoms with E-state index in [9.17, 15) is 19.8 Å². The van der Waals surface area contributed by atoms with Crippen LogP contribution in [0.1, 0.15) is 25.3 Å². The Bertz CT molecular complexity index is 549. The third-order valence-electron chi connectivity index (χ3n) is 4.39. The van der Waals surface area contributed by atoms with Gasteiger partial charge >= 0.3 is 0 Å². The molecule has 0 spiro atoms. The smallest absolute Gasteiger partial charge is 0.220 e. The second-order valence-corrected chi connectivity index (χ2v) is 5.90. The lowest BCUT2D eigenvalue weighted by atomic mass is 9.84. The monoisotopic (exact) mass is 320 g/mol. The molecule has 1 saturated heterocycles. The van der Waals surface area contributed by atoms with Gasteiger partial charge < -0.3 is 20.8 Å². The van der Waals surface area contributed by atoms with Gasteiger partial charge in [0, 0.05) is 19.4 Å². The van der Waals surface area contributed by atoms with Crippen molar-refractivity contribution in [2.75, 3.05) is 13.2 Å². The summed E-state index contributed by atoms with van der Waals surface area (Å²) in [4.78, 5) is 24.6. The highest BCUT2D eigenvalue weighted by atomic mass is 16.3. The van der Waals surface area contributed by atoms with E-state index < -0.39 is 17.7 Å². The Morgan fingerprint density at radius 3 is 2.61 bits per heavy atom. The molecular weight excluding hydrogens is 296 g/mol. The summed E-state index contributed by atoms with van der Waals surface area (Å²) in [6.45, 7) is 1.52. The summed E-state index contributed by atoms with van der Waals surface area (Å²) in [7, 11) is 0. The lowest BCUT2D eigenvalue weighted by Gasteiger charge is -2.32. The second kappa shape index (κ2) is 7.68. The van der Waals surface area contributed by atoms with Crippen molar-refractivity contribution >= 4 is 11.7 Å². The number of nitrogens with one attached hydrogen (secondary N) is 2. The van der Waals surface area contributed by atoms with Gasteiger partial charge in [0.25, 0.3) is 0 Å². The molecule has 0 aromatic heterocycles. The Morgan fingerprint density at radius 2 is 2.04 bits per heavy atom. The van der Waals surface area contributed by atoms with Crippen molar-refractivity contribution in [3.63, 3.8) is 0 Å². The quantitative estimate of drug-likeness (QED) is 0.557. The maximum atomic E-state index is 12.8. The van der Waals surface area contributed by atoms with Crippen molar-refractivity contribution in [1.29, 1.82) is 0 Å². The molecule has 3 atom stereocenters. The van der Waals surface area contributed by atoms with Gasteiger partial charge in [-0.3, -0.25) is 9.59 Å². The molecule has 23 heavy (non-hydrogen) atoms. The third-order valence-corrected chi connectivity index (χ3v) is 4.39. The van der Waals surface area contributed by atoms with Crippen LogP contribution in [-0.4, -0.2) is 52.7 Å². The van der Waals surface area contributed by atoms with E-state index in [1.54, 1.807) is 6.92 Å². The minimum absolute atomic E-state index is 0.124. The van der Waals surface area contributed by atoms with Crippen LogP contribution in [0.4, 0.5) is 0 Å². The van der Waals surface area contributed by atoms with Crippen molar-refractivity contribution in [3.05, 3.63) is 35.9 Å². The van der Waals surface area contributed by atoms with Crippen LogP contribution in [0.5, 0.6) is 0 Å². The number of rotatable bonds is 7. The van der Waals surface area contributed by atoms with Crippen LogP contribution < -0.4 is 10.6 Å². The van der Waals surface area contributed by atoms with Crippen LogP contribution in [0.15, 0.2) is 30.3 Å². The number of hydrogen-bond donors (Lipinski definition) is 4. The summed E-state index contributed by atoms with van der Waals surface area (Å²) in [6.07, 6.45) is -0.166. The molecule has 1 heterocycles. The number of carbonyl (C=O) groups is 2. The maximum absolute atomic E-state index is 12.8. The van der Waals surface area contributed by atoms with Crippen molar-refractivity contribution in [2.45, 2.75) is 43.9 Å². The van der Waals surface area contributed by atoms with Crippen LogP contribution in [0.2, 0.25) is 0 Å². The lowest BCUT2D eigenvalue weighted by Crippen LogP contribution is -2.63. The van der Waals surface area contributed by atoms with E-state index in [4.69, 9.17) is 0 Å². The number of amides is 1. The first-order valence-electron chi connectivity index (χ1n) is 7.94. The van der Waals surface area contributed by atoms with Gasteiger partial charge in [0.2, 0.25) is 5.91 Å². The van der Waals surface area contributed by atoms with Gasteiger partial charge in [0.15, 0.2) is 5.78 Å². The molecule has 1 aliphatic rings. The highest BCUT2D eigenvalue weighted by Crippen LogP contribution is 2.24. The van der Waals surface area contributed by atoms with E-state index >= 15 is 0 Å². The SMILES string of the molecule is CCC(=O)N[C@@]1(C(=O)CCc2ccccc2)CN[C@@H](CO)[C@H]1O. The molecule has 2 rings (SSSR count). The molecule has 6 nitrogen and oxygen atoms in total. The van der Waals surface area contributed by atoms with E-state index in [0.29, 0.717) is 6.42 Å². The first-order valence-corrected chi connectivity index (χ1v) is 7.94. The first-order chi connectivity index (χ1) is 11.0. The predicted molar refractivity (Wildman–Crippen MR) is 85.8 cm³/mol. The molecule has 0 bridgehead atoms. The third kappa shape index (κ3) is 3.77. The molecule has 0 unspecified atom stereocenters. The fraction of sp³-hybridized carbons (Fsp3) is 0.529. The number of ketones is 1. The van der Waals surface area contributed by atoms with Crippen molar-refractivity contribution in [1.82, 2.24) is 10.6 Å². The summed E-state index contributed by atoms with van der Waals surface area (Å²) >= 11 is 0. The standard InChI is InChI=1S/C17H24N2O4/c1-2-15(22)19-17(11-18-13(10-20)16(17)23)14(21)9-8-12-6-4-3-5-7-12/h3-7,13,16,18,20,23H,2,8-11H2,1H3,(H,19,22)/t13-,16+,17+/m0/s1. The number of hydrogen-bond acceptors (Lipinski definition) is 5. The van der Waals surface area contributed by atoms with Gasteiger partial charge in [0.05, 0.1) is 12.6 Å². The molecule has 0 aliphatic carbocycles. The van der Waals surface area contributed by atoms with Crippen molar-refractivity contribution < 1.29 is 19.8 Å². The highest BCUT2D eigenvalue weighted by Gasteiger charge is 2.53. The lowest BCUT2D eigenvalue weighted by molar-refractivity contribution is -0.135. The number of carbonyl (C=O) groups excluding carboxylic acids is 2. The van der Waals surface area contributed by atoms with E-state index in [1.165, 1.54) is 0 Å². The Morgan fingerprint density at radius 1 is 1.35 bits per heavy atom. The van der Waals surface area contributed by atoms with E-state index in [1.807, 2.05) is 30.3 Å². The van der Waals surface area contributed by atoms with Gasteiger partial charge in [-0.1, -0.05) is 37.3 Å². The maximum Gasteiger partial charge on any atom is 0.220 e. The normalized spacial score (nSPS) is 26.9. The number of Topliss-reactive ketones (excluding diaryl/α,β-unsaturated/α-hetero) is 1. The fourth-order valence-electron chi connectivity index (χ4n) is 2.93. The molecule has 1 amide bonds. The molecular formula is C17H24N2O4. The molecule has 1 fully saturated rings. The average Bonchev–Trinajstić information content (AvgIpc) is 2.90. The molecule has 1 aromatic rings. The second-order valence-electron chi connectivity index (χ2n) is 5.90. The Labute approximate surface area is 135 Å². The van der Waals surface area contributed by atoms with Gasteiger partial charge in [-0.2, -0.15) is 0 Å². The molecule has 126 valence electrons. The summed E-state index contributed by atoms with van der Waals surface area (Å²) in [6, 6.07) is 8.97. The first kappa shape index (κ1) is 17.6. The summed E-state index contributed by atoms with van der Waals surface area (Å²) in [5.74, 6) is -0.517.